The summed E-state index contributed by atoms with van der Waals surface area (Å²) in [4.78, 5) is 45.0. The SMILES string of the molecule is COc1cc(COC(=O)SCCC2OC(=O)COC2=O)c([N+](=O)[O-])cc1OC. The zero-order valence-corrected chi connectivity index (χ0v) is 15.8. The molecule has 0 amide bonds. The van der Waals surface area contributed by atoms with Gasteiger partial charge in [-0.05, 0) is 17.8 Å². The average molecular weight is 415 g/mol. The Morgan fingerprint density at radius 2 is 1.96 bits per heavy atom. The Morgan fingerprint density at radius 1 is 1.29 bits per heavy atom. The Labute approximate surface area is 163 Å². The Bertz CT molecular complexity index is 781. The fourth-order valence-electron chi connectivity index (χ4n) is 2.26. The molecule has 0 aliphatic carbocycles. The Hall–Kier alpha value is -3.02. The number of methoxy groups -OCH3 is 2. The molecule has 1 saturated heterocycles. The Balaban J connectivity index is 1.90. The number of carbonyl (C=O) groups excluding carboxylic acids is 3. The molecule has 11 nitrogen and oxygen atoms in total. The summed E-state index contributed by atoms with van der Waals surface area (Å²) in [5.74, 6) is -0.774. The highest BCUT2D eigenvalue weighted by molar-refractivity contribution is 8.13. The van der Waals surface area contributed by atoms with Crippen LogP contribution in [0.1, 0.15) is 12.0 Å². The number of esters is 2. The highest BCUT2D eigenvalue weighted by atomic mass is 32.2. The molecule has 1 aromatic carbocycles. The van der Waals surface area contributed by atoms with Crippen molar-refractivity contribution in [2.24, 2.45) is 0 Å². The predicted octanol–water partition coefficient (Wildman–Crippen LogP) is 1.84. The van der Waals surface area contributed by atoms with Crippen LogP contribution in [0.4, 0.5) is 10.5 Å². The number of nitrogens with zero attached hydrogens (tertiary/aromatic N) is 1. The first-order chi connectivity index (χ1) is 13.3. The van der Waals surface area contributed by atoms with Crippen LogP contribution in [-0.4, -0.2) is 54.8 Å². The van der Waals surface area contributed by atoms with Gasteiger partial charge in [-0.2, -0.15) is 0 Å². The lowest BCUT2D eigenvalue weighted by Gasteiger charge is -2.20. The van der Waals surface area contributed by atoms with Crippen LogP contribution in [0.15, 0.2) is 12.1 Å². The number of thioether (sulfide) groups is 1. The molecule has 1 aliphatic heterocycles. The summed E-state index contributed by atoms with van der Waals surface area (Å²) >= 11 is 0.738. The van der Waals surface area contributed by atoms with Gasteiger partial charge in [0.15, 0.2) is 24.2 Å². The normalized spacial score (nSPS) is 16.0. The number of nitro groups is 1. The van der Waals surface area contributed by atoms with Gasteiger partial charge < -0.3 is 23.7 Å². The third kappa shape index (κ3) is 5.49. The van der Waals surface area contributed by atoms with Crippen molar-refractivity contribution in [3.63, 3.8) is 0 Å². The van der Waals surface area contributed by atoms with Crippen LogP contribution < -0.4 is 9.47 Å². The molecule has 1 heterocycles. The average Bonchev–Trinajstić information content (AvgIpc) is 2.68. The number of hydrogen-bond acceptors (Lipinski definition) is 11. The van der Waals surface area contributed by atoms with Crippen molar-refractivity contribution in [2.45, 2.75) is 19.1 Å². The predicted molar refractivity (Wildman–Crippen MR) is 94.3 cm³/mol. The lowest BCUT2D eigenvalue weighted by Crippen LogP contribution is -2.37. The largest absolute Gasteiger partial charge is 0.493 e. The zero-order valence-electron chi connectivity index (χ0n) is 15.0. The molecule has 0 radical (unpaired) electrons. The number of nitro benzene ring substituents is 1. The molecule has 0 spiro atoms. The van der Waals surface area contributed by atoms with Crippen molar-refractivity contribution in [2.75, 3.05) is 26.6 Å². The summed E-state index contributed by atoms with van der Waals surface area (Å²) in [5.41, 5.74) is -0.159. The summed E-state index contributed by atoms with van der Waals surface area (Å²) in [6.07, 6.45) is -0.991. The summed E-state index contributed by atoms with van der Waals surface area (Å²) in [6.45, 7) is -0.780. The van der Waals surface area contributed by atoms with E-state index in [9.17, 15) is 24.5 Å². The minimum Gasteiger partial charge on any atom is -0.493 e. The van der Waals surface area contributed by atoms with Gasteiger partial charge in [0.05, 0.1) is 30.8 Å². The second kappa shape index (κ2) is 9.78. The number of ether oxygens (including phenoxy) is 5. The molecule has 1 aromatic rings. The van der Waals surface area contributed by atoms with E-state index >= 15 is 0 Å². The summed E-state index contributed by atoms with van der Waals surface area (Å²) in [6, 6.07) is 2.53. The molecule has 28 heavy (non-hydrogen) atoms. The Morgan fingerprint density at radius 3 is 2.61 bits per heavy atom. The molecule has 1 unspecified atom stereocenters. The molecule has 1 atom stereocenters. The first-order valence-electron chi connectivity index (χ1n) is 7.90. The van der Waals surface area contributed by atoms with Crippen LogP contribution in [0, 0.1) is 10.1 Å². The van der Waals surface area contributed by atoms with Gasteiger partial charge in [0.25, 0.3) is 5.69 Å². The topological polar surface area (TPSA) is 140 Å². The number of carbonyl (C=O) groups is 3. The van der Waals surface area contributed by atoms with E-state index in [1.54, 1.807) is 0 Å². The minimum atomic E-state index is -1.06. The second-order valence-corrected chi connectivity index (χ2v) is 6.39. The maximum Gasteiger partial charge on any atom is 0.367 e. The van der Waals surface area contributed by atoms with Crippen molar-refractivity contribution in [1.29, 1.82) is 0 Å². The molecule has 152 valence electrons. The Kier molecular flexibility index (Phi) is 7.44. The van der Waals surface area contributed by atoms with E-state index < -0.39 is 34.9 Å². The van der Waals surface area contributed by atoms with Crippen LogP contribution in [0.5, 0.6) is 11.5 Å². The molecular weight excluding hydrogens is 398 g/mol. The van der Waals surface area contributed by atoms with Gasteiger partial charge in [-0.15, -0.1) is 0 Å². The van der Waals surface area contributed by atoms with Crippen LogP contribution in [-0.2, 0) is 30.4 Å². The van der Waals surface area contributed by atoms with E-state index in [1.165, 1.54) is 26.4 Å². The number of cyclic esters (lactones) is 2. The third-order valence-corrected chi connectivity index (χ3v) is 4.39. The molecule has 12 heteroatoms. The molecule has 0 saturated carbocycles. The lowest BCUT2D eigenvalue weighted by atomic mass is 10.1. The zero-order chi connectivity index (χ0) is 20.7. The fourth-order valence-corrected chi connectivity index (χ4v) is 2.90. The highest BCUT2D eigenvalue weighted by Gasteiger charge is 2.30. The van der Waals surface area contributed by atoms with Gasteiger partial charge >= 0.3 is 17.2 Å². The molecule has 0 aromatic heterocycles. The van der Waals surface area contributed by atoms with Gasteiger partial charge in [-0.3, -0.25) is 10.1 Å². The van der Waals surface area contributed by atoms with E-state index in [-0.39, 0.29) is 41.5 Å². The molecule has 2 rings (SSSR count). The van der Waals surface area contributed by atoms with Gasteiger partial charge in [-0.1, -0.05) is 0 Å². The molecular formula is C16H17NO10S. The molecule has 1 fully saturated rings. The third-order valence-electron chi connectivity index (χ3n) is 3.60. The standard InChI is InChI=1S/C16H17NO10S/c1-23-12-5-9(10(17(21)22)6-13(12)24-2)7-26-16(20)28-4-3-11-15(19)25-8-14(18)27-11/h5-6,11H,3-4,7-8H2,1-2H3. The van der Waals surface area contributed by atoms with Gasteiger partial charge in [0, 0.05) is 12.2 Å². The molecule has 1 aliphatic rings. The maximum atomic E-state index is 11.9. The smallest absolute Gasteiger partial charge is 0.367 e. The van der Waals surface area contributed by atoms with Crippen LogP contribution in [0.2, 0.25) is 0 Å². The van der Waals surface area contributed by atoms with Gasteiger partial charge in [-0.25, -0.2) is 14.4 Å². The summed E-state index contributed by atoms with van der Waals surface area (Å²) in [5, 5.41) is 10.5. The highest BCUT2D eigenvalue weighted by Crippen LogP contribution is 2.35. The second-order valence-electron chi connectivity index (χ2n) is 5.36. The van der Waals surface area contributed by atoms with Crippen LogP contribution in [0.3, 0.4) is 0 Å². The van der Waals surface area contributed by atoms with Crippen molar-refractivity contribution in [3.05, 3.63) is 27.8 Å². The van der Waals surface area contributed by atoms with Crippen molar-refractivity contribution in [1.82, 2.24) is 0 Å². The van der Waals surface area contributed by atoms with E-state index in [0.29, 0.717) is 0 Å². The van der Waals surface area contributed by atoms with Crippen LogP contribution in [0.25, 0.3) is 0 Å². The first-order valence-corrected chi connectivity index (χ1v) is 8.89. The molecule has 0 N–H and O–H groups in total. The number of benzene rings is 1. The van der Waals surface area contributed by atoms with Gasteiger partial charge in [0.1, 0.15) is 6.61 Å². The minimum absolute atomic E-state index is 0.0703. The van der Waals surface area contributed by atoms with Crippen molar-refractivity contribution < 1.29 is 43.0 Å². The van der Waals surface area contributed by atoms with E-state index in [4.69, 9.17) is 18.9 Å². The molecule has 0 bridgehead atoms. The fraction of sp³-hybridized carbons (Fsp3) is 0.438. The lowest BCUT2D eigenvalue weighted by molar-refractivity contribution is -0.385. The quantitative estimate of drug-likeness (QED) is 0.266. The van der Waals surface area contributed by atoms with Crippen molar-refractivity contribution in [3.8, 4) is 11.5 Å². The number of rotatable bonds is 8. The van der Waals surface area contributed by atoms with E-state index in [2.05, 4.69) is 4.74 Å². The van der Waals surface area contributed by atoms with Gasteiger partial charge in [0.2, 0.25) is 0 Å². The van der Waals surface area contributed by atoms with E-state index in [1.807, 2.05) is 0 Å². The summed E-state index contributed by atoms with van der Waals surface area (Å²) in [7, 11) is 2.72. The first kappa shape index (κ1) is 21.3. The van der Waals surface area contributed by atoms with E-state index in [0.717, 1.165) is 11.8 Å². The number of hydrogen-bond donors (Lipinski definition) is 0. The van der Waals surface area contributed by atoms with Crippen molar-refractivity contribution >= 4 is 34.7 Å². The van der Waals surface area contributed by atoms with Crippen LogP contribution >= 0.6 is 11.8 Å². The summed E-state index contributed by atoms with van der Waals surface area (Å²) < 4.78 is 24.6. The maximum absolute atomic E-state index is 11.9. The monoisotopic (exact) mass is 415 g/mol.